The van der Waals surface area contributed by atoms with Crippen LogP contribution in [-0.2, 0) is 6.61 Å². The van der Waals surface area contributed by atoms with Crippen molar-refractivity contribution in [1.29, 1.82) is 0 Å². The molecule has 0 aliphatic heterocycles. The standard InChI is InChI=1S/C16H12FNO2/c17-13-8-6-12-7-9-14(19)18-15(12)16(13)20-10-11-4-2-1-3-5-11/h1-9H,10H2,(H,18,19). The highest BCUT2D eigenvalue weighted by molar-refractivity contribution is 5.84. The smallest absolute Gasteiger partial charge is 0.248 e. The van der Waals surface area contributed by atoms with Crippen LogP contribution in [0.3, 0.4) is 0 Å². The molecular formula is C16H12FNO2. The highest BCUT2D eigenvalue weighted by Gasteiger charge is 2.10. The summed E-state index contributed by atoms with van der Waals surface area (Å²) < 4.78 is 19.5. The first kappa shape index (κ1) is 12.4. The van der Waals surface area contributed by atoms with E-state index in [-0.39, 0.29) is 17.9 Å². The molecule has 3 rings (SSSR count). The van der Waals surface area contributed by atoms with Crippen LogP contribution < -0.4 is 10.3 Å². The van der Waals surface area contributed by atoms with Gasteiger partial charge in [0.05, 0.1) is 5.52 Å². The molecule has 1 aromatic heterocycles. The summed E-state index contributed by atoms with van der Waals surface area (Å²) in [5, 5.41) is 0.731. The maximum absolute atomic E-state index is 13.9. The summed E-state index contributed by atoms with van der Waals surface area (Å²) in [6, 6.07) is 15.5. The Morgan fingerprint density at radius 1 is 1.00 bits per heavy atom. The molecule has 0 aliphatic carbocycles. The number of aromatic nitrogens is 1. The molecule has 4 heteroatoms. The first-order valence-electron chi connectivity index (χ1n) is 6.22. The van der Waals surface area contributed by atoms with Gasteiger partial charge in [0.15, 0.2) is 11.6 Å². The molecule has 0 unspecified atom stereocenters. The highest BCUT2D eigenvalue weighted by atomic mass is 19.1. The number of H-pyrrole nitrogens is 1. The van der Waals surface area contributed by atoms with Gasteiger partial charge in [0.25, 0.3) is 0 Å². The third-order valence-electron chi connectivity index (χ3n) is 3.03. The van der Waals surface area contributed by atoms with Crippen molar-refractivity contribution in [2.45, 2.75) is 6.61 Å². The number of rotatable bonds is 3. The van der Waals surface area contributed by atoms with Crippen LogP contribution in [0.15, 0.2) is 59.4 Å². The fourth-order valence-corrected chi connectivity index (χ4v) is 2.04. The molecule has 100 valence electrons. The summed E-state index contributed by atoms with van der Waals surface area (Å²) in [5.74, 6) is -0.417. The van der Waals surface area contributed by atoms with Crippen LogP contribution in [-0.4, -0.2) is 4.98 Å². The van der Waals surface area contributed by atoms with Crippen LogP contribution in [0.4, 0.5) is 4.39 Å². The summed E-state index contributed by atoms with van der Waals surface area (Å²) >= 11 is 0. The molecule has 1 heterocycles. The number of pyridine rings is 1. The van der Waals surface area contributed by atoms with Gasteiger partial charge in [-0.3, -0.25) is 4.79 Å². The second-order valence-electron chi connectivity index (χ2n) is 4.44. The summed E-state index contributed by atoms with van der Waals surface area (Å²) in [4.78, 5) is 14.0. The maximum Gasteiger partial charge on any atom is 0.248 e. The third-order valence-corrected chi connectivity index (χ3v) is 3.03. The predicted molar refractivity (Wildman–Crippen MR) is 75.3 cm³/mol. The Bertz CT molecular complexity index is 796. The van der Waals surface area contributed by atoms with Crippen LogP contribution in [0.1, 0.15) is 5.56 Å². The first-order chi connectivity index (χ1) is 9.74. The van der Waals surface area contributed by atoms with Crippen molar-refractivity contribution in [3.8, 4) is 5.75 Å². The molecular weight excluding hydrogens is 257 g/mol. The number of hydrogen-bond acceptors (Lipinski definition) is 2. The number of fused-ring (bicyclic) bond motifs is 1. The molecule has 0 saturated heterocycles. The van der Waals surface area contributed by atoms with E-state index in [4.69, 9.17) is 4.74 Å². The summed E-state index contributed by atoms with van der Waals surface area (Å²) in [6.07, 6.45) is 0. The molecule has 3 aromatic rings. The number of nitrogens with one attached hydrogen (secondary N) is 1. The van der Waals surface area contributed by atoms with E-state index in [0.717, 1.165) is 10.9 Å². The zero-order chi connectivity index (χ0) is 13.9. The summed E-state index contributed by atoms with van der Waals surface area (Å²) in [6.45, 7) is 0.244. The van der Waals surface area contributed by atoms with Crippen LogP contribution in [0.5, 0.6) is 5.75 Å². The van der Waals surface area contributed by atoms with Gasteiger partial charge in [-0.25, -0.2) is 4.39 Å². The van der Waals surface area contributed by atoms with E-state index in [2.05, 4.69) is 4.98 Å². The van der Waals surface area contributed by atoms with Crippen molar-refractivity contribution in [1.82, 2.24) is 4.98 Å². The van der Waals surface area contributed by atoms with Gasteiger partial charge in [-0.2, -0.15) is 0 Å². The van der Waals surface area contributed by atoms with Crippen LogP contribution in [0, 0.1) is 5.82 Å². The SMILES string of the molecule is O=c1ccc2ccc(F)c(OCc3ccccc3)c2[nH]1. The minimum absolute atomic E-state index is 0.0732. The Kier molecular flexibility index (Phi) is 3.21. The number of aromatic amines is 1. The van der Waals surface area contributed by atoms with E-state index >= 15 is 0 Å². The molecule has 0 amide bonds. The molecule has 0 bridgehead atoms. The number of ether oxygens (including phenoxy) is 1. The average Bonchev–Trinajstić information content (AvgIpc) is 2.47. The van der Waals surface area contributed by atoms with E-state index < -0.39 is 5.82 Å². The van der Waals surface area contributed by atoms with Gasteiger partial charge < -0.3 is 9.72 Å². The Morgan fingerprint density at radius 2 is 1.75 bits per heavy atom. The highest BCUT2D eigenvalue weighted by Crippen LogP contribution is 2.26. The lowest BCUT2D eigenvalue weighted by Crippen LogP contribution is -2.05. The molecule has 0 saturated carbocycles. The van der Waals surface area contributed by atoms with Crippen molar-refractivity contribution < 1.29 is 9.13 Å². The molecule has 2 aromatic carbocycles. The first-order valence-corrected chi connectivity index (χ1v) is 6.22. The van der Waals surface area contributed by atoms with Crippen LogP contribution in [0.2, 0.25) is 0 Å². The maximum atomic E-state index is 13.9. The van der Waals surface area contributed by atoms with E-state index in [0.29, 0.717) is 5.52 Å². The fraction of sp³-hybridized carbons (Fsp3) is 0.0625. The van der Waals surface area contributed by atoms with Gasteiger partial charge in [-0.1, -0.05) is 30.3 Å². The molecule has 20 heavy (non-hydrogen) atoms. The zero-order valence-electron chi connectivity index (χ0n) is 10.6. The quantitative estimate of drug-likeness (QED) is 0.793. The Hall–Kier alpha value is -2.62. The lowest BCUT2D eigenvalue weighted by molar-refractivity contribution is 0.294. The number of hydrogen-bond donors (Lipinski definition) is 1. The minimum Gasteiger partial charge on any atom is -0.484 e. The van der Waals surface area contributed by atoms with Crippen molar-refractivity contribution in [2.75, 3.05) is 0 Å². The van der Waals surface area contributed by atoms with Gasteiger partial charge in [-0.15, -0.1) is 0 Å². The fourth-order valence-electron chi connectivity index (χ4n) is 2.04. The molecule has 0 atom stereocenters. The largest absolute Gasteiger partial charge is 0.484 e. The van der Waals surface area contributed by atoms with Crippen LogP contribution >= 0.6 is 0 Å². The molecule has 3 nitrogen and oxygen atoms in total. The predicted octanol–water partition coefficient (Wildman–Crippen LogP) is 3.25. The third kappa shape index (κ3) is 2.40. The summed E-state index contributed by atoms with van der Waals surface area (Å²) in [7, 11) is 0. The molecule has 1 N–H and O–H groups in total. The van der Waals surface area contributed by atoms with E-state index in [1.165, 1.54) is 12.1 Å². The Morgan fingerprint density at radius 3 is 2.55 bits per heavy atom. The van der Waals surface area contributed by atoms with E-state index in [1.807, 2.05) is 30.3 Å². The lowest BCUT2D eigenvalue weighted by atomic mass is 10.2. The van der Waals surface area contributed by atoms with Crippen molar-refractivity contribution >= 4 is 10.9 Å². The second-order valence-corrected chi connectivity index (χ2v) is 4.44. The van der Waals surface area contributed by atoms with E-state index in [1.54, 1.807) is 12.1 Å². The van der Waals surface area contributed by atoms with Crippen LogP contribution in [0.25, 0.3) is 10.9 Å². The minimum atomic E-state index is -0.490. The monoisotopic (exact) mass is 269 g/mol. The Balaban J connectivity index is 2.00. The van der Waals surface area contributed by atoms with Gasteiger partial charge in [0.2, 0.25) is 5.56 Å². The van der Waals surface area contributed by atoms with Crippen molar-refractivity contribution in [3.63, 3.8) is 0 Å². The average molecular weight is 269 g/mol. The second kappa shape index (κ2) is 5.17. The summed E-state index contributed by atoms with van der Waals surface area (Å²) in [5.41, 5.74) is 1.03. The van der Waals surface area contributed by atoms with Gasteiger partial charge >= 0.3 is 0 Å². The normalized spacial score (nSPS) is 10.7. The molecule has 0 fully saturated rings. The molecule has 0 radical (unpaired) electrons. The van der Waals surface area contributed by atoms with E-state index in [9.17, 15) is 9.18 Å². The Labute approximate surface area is 114 Å². The zero-order valence-corrected chi connectivity index (χ0v) is 10.6. The lowest BCUT2D eigenvalue weighted by Gasteiger charge is -2.10. The number of benzene rings is 2. The molecule has 0 spiro atoms. The van der Waals surface area contributed by atoms with Crippen molar-refractivity contribution in [3.05, 3.63) is 76.3 Å². The van der Waals surface area contributed by atoms with Gasteiger partial charge in [-0.05, 0) is 23.8 Å². The van der Waals surface area contributed by atoms with Gasteiger partial charge in [0.1, 0.15) is 6.61 Å². The topological polar surface area (TPSA) is 42.1 Å². The van der Waals surface area contributed by atoms with Crippen molar-refractivity contribution in [2.24, 2.45) is 0 Å². The molecule has 0 aliphatic rings. The number of halogens is 1. The van der Waals surface area contributed by atoms with Gasteiger partial charge in [0, 0.05) is 11.5 Å².